The van der Waals surface area contributed by atoms with Crippen molar-refractivity contribution in [1.82, 2.24) is 9.97 Å². The number of aromatic nitrogens is 2. The molecule has 0 unspecified atom stereocenters. The minimum atomic E-state index is -0.165. The maximum atomic E-state index is 5.02. The largest absolute Gasteiger partial charge is 0.305 e. The molecule has 0 spiro atoms. The van der Waals surface area contributed by atoms with E-state index < -0.39 is 0 Å². The predicted molar refractivity (Wildman–Crippen MR) is 242 cm³/mol. The second-order valence-electron chi connectivity index (χ2n) is 18.1. The summed E-state index contributed by atoms with van der Waals surface area (Å²) >= 11 is 0. The van der Waals surface area contributed by atoms with Gasteiger partial charge in [0, 0.05) is 37.9 Å². The van der Waals surface area contributed by atoms with E-state index in [0.29, 0.717) is 0 Å². The Morgan fingerprint density at radius 1 is 0.500 bits per heavy atom. The monoisotopic (exact) mass is 929 g/mol. The van der Waals surface area contributed by atoms with E-state index in [4.69, 9.17) is 4.98 Å². The van der Waals surface area contributed by atoms with E-state index in [1.54, 1.807) is 0 Å². The maximum absolute atomic E-state index is 5.02. The molecule has 2 heterocycles. The zero-order valence-electron chi connectivity index (χ0n) is 34.6. The number of benzene rings is 7. The van der Waals surface area contributed by atoms with Crippen molar-refractivity contribution in [1.29, 1.82) is 0 Å². The molecule has 0 saturated carbocycles. The van der Waals surface area contributed by atoms with Gasteiger partial charge in [-0.15, -0.1) is 59.2 Å². The number of nitrogens with zero attached hydrogens (tertiary/aromatic N) is 2. The van der Waals surface area contributed by atoms with Crippen LogP contribution >= 0.6 is 0 Å². The Hall–Kier alpha value is -5.47. The minimum absolute atomic E-state index is 0. The summed E-state index contributed by atoms with van der Waals surface area (Å²) in [5, 5.41) is 10.1. The molecule has 1 radical (unpaired) electrons. The molecule has 1 aliphatic carbocycles. The molecule has 0 saturated heterocycles. The van der Waals surface area contributed by atoms with Gasteiger partial charge in [-0.3, -0.25) is 0 Å². The average Bonchev–Trinajstić information content (AvgIpc) is 3.44. The zero-order chi connectivity index (χ0) is 39.7. The summed E-state index contributed by atoms with van der Waals surface area (Å²) in [6.45, 7) is 18.0. The molecule has 0 aliphatic heterocycles. The Morgan fingerprint density at radius 2 is 1.10 bits per heavy atom. The van der Waals surface area contributed by atoms with Crippen LogP contribution in [0.3, 0.4) is 0 Å². The van der Waals surface area contributed by atoms with Gasteiger partial charge in [0.25, 0.3) is 0 Å². The van der Waals surface area contributed by atoms with Crippen molar-refractivity contribution in [3.05, 3.63) is 180 Å². The van der Waals surface area contributed by atoms with Gasteiger partial charge in [-0.05, 0) is 107 Å². The molecular weight excluding hydrogens is 881 g/mol. The zero-order valence-corrected chi connectivity index (χ0v) is 37.0. The molecule has 0 N–H and O–H groups in total. The summed E-state index contributed by atoms with van der Waals surface area (Å²) in [5.74, 6) is 0. The molecule has 0 atom stereocenters. The van der Waals surface area contributed by atoms with Crippen LogP contribution in [0.15, 0.2) is 146 Å². The Labute approximate surface area is 356 Å². The number of rotatable bonds is 2. The molecule has 289 valence electrons. The SMILES string of the molecule is CC(C)(C)c1cc[c-]c(-c2cc(C(C)(C)C)ccn2)c1.CC1(C)c2cc3ccccc3cc2-c2ccnc(-c3[c-]ccc4c3ccc3c5ccccc5ccc43)c21.[Ir]. The van der Waals surface area contributed by atoms with Crippen LogP contribution in [0.25, 0.3) is 76.7 Å². The molecular formula is C55H48IrN2-2. The quantitative estimate of drug-likeness (QED) is 0.128. The van der Waals surface area contributed by atoms with Crippen LogP contribution in [0.2, 0.25) is 0 Å². The van der Waals surface area contributed by atoms with E-state index in [1.807, 2.05) is 18.5 Å². The van der Waals surface area contributed by atoms with Crippen LogP contribution in [0.1, 0.15) is 77.6 Å². The molecule has 2 aromatic heterocycles. The van der Waals surface area contributed by atoms with E-state index in [1.165, 1.54) is 76.5 Å². The van der Waals surface area contributed by atoms with E-state index in [0.717, 1.165) is 22.5 Å². The van der Waals surface area contributed by atoms with E-state index in [-0.39, 0.29) is 36.4 Å². The number of pyridine rings is 2. The second-order valence-corrected chi connectivity index (χ2v) is 18.1. The molecule has 58 heavy (non-hydrogen) atoms. The van der Waals surface area contributed by atoms with Gasteiger partial charge in [0.1, 0.15) is 0 Å². The van der Waals surface area contributed by atoms with Gasteiger partial charge in [0.15, 0.2) is 0 Å². The van der Waals surface area contributed by atoms with Crippen LogP contribution in [0, 0.1) is 12.1 Å². The second kappa shape index (κ2) is 14.7. The van der Waals surface area contributed by atoms with Gasteiger partial charge < -0.3 is 9.97 Å². The Morgan fingerprint density at radius 3 is 1.86 bits per heavy atom. The van der Waals surface area contributed by atoms with Gasteiger partial charge in [0.2, 0.25) is 0 Å². The third kappa shape index (κ3) is 6.85. The number of hydrogen-bond acceptors (Lipinski definition) is 2. The number of hydrogen-bond donors (Lipinski definition) is 0. The molecule has 2 nitrogen and oxygen atoms in total. The minimum Gasteiger partial charge on any atom is -0.305 e. The van der Waals surface area contributed by atoms with Crippen molar-refractivity contribution in [3.63, 3.8) is 0 Å². The van der Waals surface area contributed by atoms with E-state index >= 15 is 0 Å². The molecule has 10 rings (SSSR count). The first-order valence-electron chi connectivity index (χ1n) is 20.1. The summed E-state index contributed by atoms with van der Waals surface area (Å²) in [5.41, 5.74) is 12.2. The smallest absolute Gasteiger partial charge is 0.0167 e. The topological polar surface area (TPSA) is 25.8 Å². The van der Waals surface area contributed by atoms with Crippen LogP contribution in [0.4, 0.5) is 0 Å². The van der Waals surface area contributed by atoms with E-state index in [2.05, 4.69) is 200 Å². The molecule has 9 aromatic rings. The number of fused-ring (bicyclic) bond motifs is 9. The van der Waals surface area contributed by atoms with Gasteiger partial charge in [-0.2, -0.15) is 0 Å². The normalized spacial score (nSPS) is 13.2. The first kappa shape index (κ1) is 39.4. The van der Waals surface area contributed by atoms with E-state index in [9.17, 15) is 0 Å². The first-order chi connectivity index (χ1) is 27.3. The molecule has 0 fully saturated rings. The summed E-state index contributed by atoms with van der Waals surface area (Å²) in [4.78, 5) is 9.53. The fourth-order valence-corrected chi connectivity index (χ4v) is 8.74. The summed E-state index contributed by atoms with van der Waals surface area (Å²) in [6.07, 6.45) is 3.86. The Balaban J connectivity index is 0.000000191. The van der Waals surface area contributed by atoms with Crippen LogP contribution in [-0.4, -0.2) is 9.97 Å². The Bertz CT molecular complexity index is 2960. The van der Waals surface area contributed by atoms with Crippen molar-refractivity contribution < 1.29 is 20.1 Å². The third-order valence-corrected chi connectivity index (χ3v) is 11.9. The van der Waals surface area contributed by atoms with Gasteiger partial charge >= 0.3 is 0 Å². The average molecular weight is 929 g/mol. The fourth-order valence-electron chi connectivity index (χ4n) is 8.74. The standard InChI is InChI=1S/C36H24N.C19H24N.Ir/c1-36(2)33-21-24-10-4-3-9-23(24)20-32(33)30-18-19-37-35(34(30)36)31-13-7-12-26-28-15-14-22-8-5-6-11-25(22)27(28)16-17-29(26)31;1-18(2,3)15-9-7-8-14(12-15)17-13-16(10-11-20-17)19(4,5)6;/h3-12,14-21H,1-2H3;7,9-13H,1-6H3;/q2*-1;. The molecule has 1 aliphatic rings. The molecule has 3 heteroatoms. The third-order valence-electron chi connectivity index (χ3n) is 11.9. The Kier molecular flexibility index (Phi) is 9.99. The fraction of sp³-hybridized carbons (Fsp3) is 0.200. The van der Waals surface area contributed by atoms with Gasteiger partial charge in [0.05, 0.1) is 0 Å². The van der Waals surface area contributed by atoms with Gasteiger partial charge in [-0.1, -0.05) is 145 Å². The van der Waals surface area contributed by atoms with Crippen LogP contribution in [-0.2, 0) is 36.4 Å². The maximum Gasteiger partial charge on any atom is 0.0167 e. The van der Waals surface area contributed by atoms with Crippen LogP contribution < -0.4 is 0 Å². The first-order valence-corrected chi connectivity index (χ1v) is 20.1. The van der Waals surface area contributed by atoms with Crippen molar-refractivity contribution in [2.24, 2.45) is 0 Å². The molecule has 7 aromatic carbocycles. The molecule has 0 amide bonds. The van der Waals surface area contributed by atoms with Crippen molar-refractivity contribution in [2.75, 3.05) is 0 Å². The van der Waals surface area contributed by atoms with Crippen molar-refractivity contribution in [2.45, 2.75) is 71.6 Å². The molecule has 0 bridgehead atoms. The van der Waals surface area contributed by atoms with Gasteiger partial charge in [-0.25, -0.2) is 0 Å². The summed E-state index contributed by atoms with van der Waals surface area (Å²) in [6, 6.07) is 55.0. The van der Waals surface area contributed by atoms with Crippen molar-refractivity contribution >= 4 is 43.1 Å². The van der Waals surface area contributed by atoms with Crippen molar-refractivity contribution in [3.8, 4) is 33.6 Å². The predicted octanol–water partition coefficient (Wildman–Crippen LogP) is 14.6. The summed E-state index contributed by atoms with van der Waals surface area (Å²) < 4.78 is 0. The summed E-state index contributed by atoms with van der Waals surface area (Å²) in [7, 11) is 0. The van der Waals surface area contributed by atoms with Crippen LogP contribution in [0.5, 0.6) is 0 Å².